The smallest absolute Gasteiger partial charge is 0.326 e. The summed E-state index contributed by atoms with van der Waals surface area (Å²) < 4.78 is 0. The zero-order chi connectivity index (χ0) is 30.0. The summed E-state index contributed by atoms with van der Waals surface area (Å²) in [7, 11) is 0. The van der Waals surface area contributed by atoms with Gasteiger partial charge in [0.25, 0.3) is 0 Å². The number of carbonyl (C=O) groups is 7. The fourth-order valence-electron chi connectivity index (χ4n) is 3.75. The molecular formula is C24H30N6O10. The maximum Gasteiger partial charge on any atom is 0.326 e. The number of carbonyl (C=O) groups excluding carboxylic acids is 4. The Labute approximate surface area is 226 Å². The molecule has 16 nitrogen and oxygen atoms in total. The number of carboxylic acid groups (broad SMARTS) is 3. The van der Waals surface area contributed by atoms with Gasteiger partial charge in [-0.3, -0.25) is 28.8 Å². The molecule has 16 heteroatoms. The number of rotatable bonds is 16. The van der Waals surface area contributed by atoms with Crippen LogP contribution in [0.4, 0.5) is 0 Å². The SMILES string of the molecule is NC(=O)CC(NC(=O)C(N)CCC(=O)O)C(=O)NC(CC(=O)O)C(=O)NC(Cc1c[nH]c2ccccc12)C(=O)O. The van der Waals surface area contributed by atoms with E-state index in [0.29, 0.717) is 10.9 Å². The number of aromatic amines is 1. The van der Waals surface area contributed by atoms with E-state index in [1.54, 1.807) is 30.5 Å². The lowest BCUT2D eigenvalue weighted by Crippen LogP contribution is -2.58. The molecule has 0 bridgehead atoms. The topological polar surface area (TPSA) is 284 Å². The Kier molecular flexibility index (Phi) is 11.1. The van der Waals surface area contributed by atoms with Crippen molar-refractivity contribution < 1.29 is 48.9 Å². The number of fused-ring (bicyclic) bond motifs is 1. The molecule has 0 spiro atoms. The van der Waals surface area contributed by atoms with Crippen LogP contribution in [0.1, 0.15) is 31.2 Å². The van der Waals surface area contributed by atoms with E-state index in [1.165, 1.54) is 0 Å². The normalized spacial score (nSPS) is 13.8. The quantitative estimate of drug-likeness (QED) is 0.106. The molecule has 11 N–H and O–H groups in total. The minimum Gasteiger partial charge on any atom is -0.481 e. The van der Waals surface area contributed by atoms with Crippen LogP contribution in [0.2, 0.25) is 0 Å². The van der Waals surface area contributed by atoms with Gasteiger partial charge in [-0.2, -0.15) is 0 Å². The standard InChI is InChI=1S/C24H30N6O10/c25-13(5-6-19(32)33)21(36)28-15(8-18(26)31)22(37)29-16(9-20(34)35)23(38)30-17(24(39)40)7-11-10-27-14-4-2-1-3-12(11)14/h1-4,10,13,15-17,27H,5-9,25H2,(H2,26,31)(H,28,36)(H,29,37)(H,30,38)(H,32,33)(H,34,35)(H,39,40). The molecule has 40 heavy (non-hydrogen) atoms. The zero-order valence-corrected chi connectivity index (χ0v) is 21.1. The maximum absolute atomic E-state index is 12.9. The van der Waals surface area contributed by atoms with Crippen LogP contribution in [0.15, 0.2) is 30.5 Å². The summed E-state index contributed by atoms with van der Waals surface area (Å²) in [4.78, 5) is 86.6. The molecule has 1 aromatic heterocycles. The average molecular weight is 563 g/mol. The Balaban J connectivity index is 2.17. The molecule has 0 saturated heterocycles. The third-order valence-corrected chi connectivity index (χ3v) is 5.77. The van der Waals surface area contributed by atoms with Crippen LogP contribution < -0.4 is 27.4 Å². The van der Waals surface area contributed by atoms with Gasteiger partial charge in [0.2, 0.25) is 23.6 Å². The minimum atomic E-state index is -1.80. The van der Waals surface area contributed by atoms with Crippen molar-refractivity contribution in [2.24, 2.45) is 11.5 Å². The number of H-pyrrole nitrogens is 1. The summed E-state index contributed by atoms with van der Waals surface area (Å²) in [5.74, 6) is -8.52. The van der Waals surface area contributed by atoms with Crippen LogP contribution in [-0.4, -0.2) is 86.0 Å². The summed E-state index contributed by atoms with van der Waals surface area (Å²) in [6.45, 7) is 0. The van der Waals surface area contributed by atoms with Crippen LogP contribution in [0.5, 0.6) is 0 Å². The van der Waals surface area contributed by atoms with Crippen LogP contribution in [-0.2, 0) is 40.0 Å². The molecule has 0 aliphatic rings. The van der Waals surface area contributed by atoms with Crippen molar-refractivity contribution in [2.45, 2.75) is 56.3 Å². The Morgan fingerprint density at radius 2 is 1.38 bits per heavy atom. The van der Waals surface area contributed by atoms with E-state index in [9.17, 15) is 43.8 Å². The highest BCUT2D eigenvalue weighted by Crippen LogP contribution is 2.19. The van der Waals surface area contributed by atoms with Crippen molar-refractivity contribution in [1.29, 1.82) is 0 Å². The third kappa shape index (κ3) is 9.39. The molecule has 2 aromatic rings. The van der Waals surface area contributed by atoms with Crippen molar-refractivity contribution in [3.63, 3.8) is 0 Å². The van der Waals surface area contributed by atoms with Gasteiger partial charge in [-0.1, -0.05) is 18.2 Å². The number of nitrogens with two attached hydrogens (primary N) is 2. The third-order valence-electron chi connectivity index (χ3n) is 5.77. The van der Waals surface area contributed by atoms with Gasteiger partial charge in [0.15, 0.2) is 0 Å². The van der Waals surface area contributed by atoms with Gasteiger partial charge >= 0.3 is 17.9 Å². The predicted octanol–water partition coefficient (Wildman–Crippen LogP) is -2.21. The number of aliphatic carboxylic acids is 3. The summed E-state index contributed by atoms with van der Waals surface area (Å²) in [5, 5.41) is 34.8. The van der Waals surface area contributed by atoms with Gasteiger partial charge in [0.1, 0.15) is 18.1 Å². The monoisotopic (exact) mass is 562 g/mol. The molecule has 1 aromatic carbocycles. The Hall–Kier alpha value is -4.99. The predicted molar refractivity (Wildman–Crippen MR) is 136 cm³/mol. The Morgan fingerprint density at radius 3 is 1.95 bits per heavy atom. The second kappa shape index (κ2) is 14.2. The van der Waals surface area contributed by atoms with Gasteiger partial charge in [0.05, 0.1) is 18.9 Å². The molecular weight excluding hydrogens is 532 g/mol. The lowest BCUT2D eigenvalue weighted by atomic mass is 10.0. The van der Waals surface area contributed by atoms with Gasteiger partial charge in [-0.25, -0.2) is 4.79 Å². The fourth-order valence-corrected chi connectivity index (χ4v) is 3.75. The van der Waals surface area contributed by atoms with E-state index < -0.39 is 85.0 Å². The van der Waals surface area contributed by atoms with E-state index in [4.69, 9.17) is 16.6 Å². The highest BCUT2D eigenvalue weighted by atomic mass is 16.4. The summed E-state index contributed by atoms with van der Waals surface area (Å²) in [6.07, 6.45) is -1.07. The van der Waals surface area contributed by atoms with Gasteiger partial charge in [-0.05, 0) is 18.1 Å². The summed E-state index contributed by atoms with van der Waals surface area (Å²) in [5.41, 5.74) is 12.0. The van der Waals surface area contributed by atoms with Crippen LogP contribution in [0.25, 0.3) is 10.9 Å². The number of aromatic nitrogens is 1. The van der Waals surface area contributed by atoms with Crippen molar-refractivity contribution >= 4 is 52.4 Å². The van der Waals surface area contributed by atoms with Crippen molar-refractivity contribution in [1.82, 2.24) is 20.9 Å². The number of hydrogen-bond acceptors (Lipinski definition) is 8. The average Bonchev–Trinajstić information content (AvgIpc) is 3.28. The fraction of sp³-hybridized carbons (Fsp3) is 0.375. The number of primary amides is 1. The van der Waals surface area contributed by atoms with Crippen molar-refractivity contribution in [2.75, 3.05) is 0 Å². The zero-order valence-electron chi connectivity index (χ0n) is 21.1. The molecule has 2 rings (SSSR count). The number of carboxylic acids is 3. The molecule has 4 atom stereocenters. The van der Waals surface area contributed by atoms with Gasteiger partial charge < -0.3 is 47.7 Å². The summed E-state index contributed by atoms with van der Waals surface area (Å²) in [6, 6.07) is 0.672. The van der Waals surface area contributed by atoms with Crippen LogP contribution >= 0.6 is 0 Å². The number of nitrogens with one attached hydrogen (secondary N) is 4. The van der Waals surface area contributed by atoms with Crippen molar-refractivity contribution in [3.05, 3.63) is 36.0 Å². The van der Waals surface area contributed by atoms with E-state index in [0.717, 1.165) is 5.52 Å². The number of para-hydroxylation sites is 1. The molecule has 0 fully saturated rings. The molecule has 0 radical (unpaired) electrons. The molecule has 4 amide bonds. The number of hydrogen-bond donors (Lipinski definition) is 9. The number of benzene rings is 1. The second-order valence-electron chi connectivity index (χ2n) is 8.89. The molecule has 0 saturated carbocycles. The molecule has 4 unspecified atom stereocenters. The molecule has 1 heterocycles. The van der Waals surface area contributed by atoms with E-state index in [-0.39, 0.29) is 12.8 Å². The lowest BCUT2D eigenvalue weighted by Gasteiger charge is -2.24. The highest BCUT2D eigenvalue weighted by molar-refractivity contribution is 5.97. The molecule has 0 aliphatic carbocycles. The Bertz CT molecular complexity index is 1290. The first-order chi connectivity index (χ1) is 18.8. The molecule has 216 valence electrons. The first-order valence-electron chi connectivity index (χ1n) is 11.9. The Morgan fingerprint density at radius 1 is 0.800 bits per heavy atom. The first kappa shape index (κ1) is 31.2. The van der Waals surface area contributed by atoms with E-state index in [1.807, 2.05) is 0 Å². The van der Waals surface area contributed by atoms with Gasteiger partial charge in [-0.15, -0.1) is 0 Å². The van der Waals surface area contributed by atoms with E-state index in [2.05, 4.69) is 20.9 Å². The van der Waals surface area contributed by atoms with E-state index >= 15 is 0 Å². The minimum absolute atomic E-state index is 0.173. The van der Waals surface area contributed by atoms with Gasteiger partial charge in [0, 0.05) is 29.9 Å². The van der Waals surface area contributed by atoms with Crippen LogP contribution in [0.3, 0.4) is 0 Å². The van der Waals surface area contributed by atoms with Crippen LogP contribution in [0, 0.1) is 0 Å². The second-order valence-corrected chi connectivity index (χ2v) is 8.89. The lowest BCUT2D eigenvalue weighted by molar-refractivity contribution is -0.144. The molecule has 0 aliphatic heterocycles. The first-order valence-corrected chi connectivity index (χ1v) is 11.9. The van der Waals surface area contributed by atoms with Crippen molar-refractivity contribution in [3.8, 4) is 0 Å². The number of amides is 4. The summed E-state index contributed by atoms with van der Waals surface area (Å²) >= 11 is 0. The maximum atomic E-state index is 12.9. The highest BCUT2D eigenvalue weighted by Gasteiger charge is 2.32. The largest absolute Gasteiger partial charge is 0.481 e.